The summed E-state index contributed by atoms with van der Waals surface area (Å²) in [7, 11) is 4.06. The summed E-state index contributed by atoms with van der Waals surface area (Å²) in [6.45, 7) is 7.12. The Hall–Kier alpha value is -5.66. The summed E-state index contributed by atoms with van der Waals surface area (Å²) >= 11 is 0. The Morgan fingerprint density at radius 3 is 2.47 bits per heavy atom. The van der Waals surface area contributed by atoms with E-state index in [0.29, 0.717) is 17.5 Å². The highest BCUT2D eigenvalue weighted by Gasteiger charge is 2.51. The molecule has 0 aliphatic carbocycles. The number of nitrogens with one attached hydrogen (secondary N) is 1. The molecule has 8 rings (SSSR count). The highest BCUT2D eigenvalue weighted by Crippen LogP contribution is 2.34. The average Bonchev–Trinajstić information content (AvgIpc) is 3.87. The summed E-state index contributed by atoms with van der Waals surface area (Å²) in [5, 5.41) is 17.1. The number of likely N-dealkylation sites (tertiary alicyclic amines) is 2. The molecule has 5 amide bonds. The number of aromatic hydroxyl groups is 1. The number of likely N-dealkylation sites (N-methyl/N-ethyl adjacent to an activating group) is 1. The van der Waals surface area contributed by atoms with Crippen molar-refractivity contribution in [2.45, 2.75) is 44.2 Å². The van der Waals surface area contributed by atoms with Crippen LogP contribution in [0.4, 0.5) is 4.79 Å². The van der Waals surface area contributed by atoms with E-state index in [2.05, 4.69) is 23.8 Å². The first kappa shape index (κ1) is 36.3. The van der Waals surface area contributed by atoms with Crippen molar-refractivity contribution >= 4 is 34.7 Å². The molecule has 4 saturated heterocycles. The highest BCUT2D eigenvalue weighted by molar-refractivity contribution is 6.08. The van der Waals surface area contributed by atoms with E-state index in [1.54, 1.807) is 50.2 Å². The van der Waals surface area contributed by atoms with Gasteiger partial charge in [-0.2, -0.15) is 0 Å². The number of hydrazine groups is 1. The fourth-order valence-electron chi connectivity index (χ4n) is 9.12. The van der Waals surface area contributed by atoms with Gasteiger partial charge in [-0.05, 0) is 54.8 Å². The Morgan fingerprint density at radius 1 is 0.945 bits per heavy atom. The van der Waals surface area contributed by atoms with Gasteiger partial charge in [0.05, 0.1) is 24.2 Å². The zero-order valence-corrected chi connectivity index (χ0v) is 31.4. The number of aryl methyl sites for hydroxylation is 1. The van der Waals surface area contributed by atoms with Crippen molar-refractivity contribution in [1.82, 2.24) is 39.5 Å². The maximum Gasteiger partial charge on any atom is 0.334 e. The lowest BCUT2D eigenvalue weighted by Gasteiger charge is -2.55. The number of rotatable bonds is 9. The summed E-state index contributed by atoms with van der Waals surface area (Å²) in [6, 6.07) is 21.2. The number of hydrogen-bond donors (Lipinski definition) is 2. The van der Waals surface area contributed by atoms with E-state index >= 15 is 0 Å². The van der Waals surface area contributed by atoms with Crippen molar-refractivity contribution in [1.29, 1.82) is 0 Å². The van der Waals surface area contributed by atoms with Gasteiger partial charge in [0.25, 0.3) is 5.91 Å². The molecule has 1 aromatic heterocycles. The number of phenols is 1. The lowest BCUT2D eigenvalue weighted by atomic mass is 9.98. The largest absolute Gasteiger partial charge is 0.508 e. The molecule has 4 aliphatic heterocycles. The molecule has 55 heavy (non-hydrogen) atoms. The van der Waals surface area contributed by atoms with Crippen LogP contribution in [0, 0.1) is 5.92 Å². The fourth-order valence-corrected chi connectivity index (χ4v) is 9.12. The second-order valence-corrected chi connectivity index (χ2v) is 15.3. The minimum Gasteiger partial charge on any atom is -0.508 e. The molecule has 13 heteroatoms. The second-order valence-electron chi connectivity index (χ2n) is 15.3. The number of amides is 5. The van der Waals surface area contributed by atoms with Crippen molar-refractivity contribution in [2.75, 3.05) is 46.3 Å². The molecule has 286 valence electrons. The third-order valence-corrected chi connectivity index (χ3v) is 11.8. The van der Waals surface area contributed by atoms with Gasteiger partial charge >= 0.3 is 6.03 Å². The first-order chi connectivity index (χ1) is 26.6. The maximum absolute atomic E-state index is 14.7. The number of urea groups is 1. The number of hydrogen-bond acceptors (Lipinski definition) is 7. The Morgan fingerprint density at radius 2 is 1.73 bits per heavy atom. The first-order valence-electron chi connectivity index (χ1n) is 19.0. The summed E-state index contributed by atoms with van der Waals surface area (Å²) in [5.41, 5.74) is 4.05. The highest BCUT2D eigenvalue weighted by atomic mass is 16.3. The van der Waals surface area contributed by atoms with Crippen LogP contribution in [0.3, 0.4) is 0 Å². The number of fused-ring (bicyclic) bond motifs is 3. The van der Waals surface area contributed by atoms with Crippen LogP contribution in [0.25, 0.3) is 10.9 Å². The lowest BCUT2D eigenvalue weighted by molar-refractivity contribution is -0.189. The zero-order chi connectivity index (χ0) is 38.4. The van der Waals surface area contributed by atoms with E-state index in [1.165, 1.54) is 0 Å². The molecule has 0 radical (unpaired) electrons. The molecule has 5 heterocycles. The number of benzene rings is 3. The minimum atomic E-state index is -0.913. The number of phenolic OH excluding ortho intramolecular Hbond substituents is 1. The van der Waals surface area contributed by atoms with Gasteiger partial charge in [0.15, 0.2) is 0 Å². The minimum absolute atomic E-state index is 0.0180. The second kappa shape index (κ2) is 14.9. The van der Waals surface area contributed by atoms with Crippen LogP contribution in [-0.4, -0.2) is 128 Å². The molecule has 4 fully saturated rings. The quantitative estimate of drug-likeness (QED) is 0.252. The number of nitrogens with zero attached hydrogens (tertiary/aromatic N) is 7. The zero-order valence-electron chi connectivity index (χ0n) is 31.4. The summed E-state index contributed by atoms with van der Waals surface area (Å²) in [5.74, 6) is 0.106. The van der Waals surface area contributed by atoms with Gasteiger partial charge in [-0.1, -0.05) is 66.7 Å². The molecular weight excluding hydrogens is 697 g/mol. The number of carbonyl (C=O) groups excluding carboxylic acids is 4. The van der Waals surface area contributed by atoms with E-state index in [4.69, 9.17) is 0 Å². The van der Waals surface area contributed by atoms with Gasteiger partial charge in [-0.25, -0.2) is 14.8 Å². The molecule has 4 atom stereocenters. The van der Waals surface area contributed by atoms with Crippen LogP contribution in [0.5, 0.6) is 5.75 Å². The molecule has 0 bridgehead atoms. The predicted molar refractivity (Wildman–Crippen MR) is 207 cm³/mol. The number of para-hydroxylation sites is 1. The van der Waals surface area contributed by atoms with Gasteiger partial charge < -0.3 is 34.6 Å². The van der Waals surface area contributed by atoms with Gasteiger partial charge in [-0.15, -0.1) is 6.58 Å². The summed E-state index contributed by atoms with van der Waals surface area (Å²) in [6.07, 6.45) is 4.03. The Labute approximate surface area is 320 Å². The Kier molecular flexibility index (Phi) is 9.82. The fraction of sp³-hybridized carbons (Fsp3) is 0.381. The van der Waals surface area contributed by atoms with Crippen LogP contribution in [-0.2, 0) is 36.1 Å². The maximum atomic E-state index is 14.7. The monoisotopic (exact) mass is 744 g/mol. The standard InChI is InChI=1S/C42H48N8O5/c1-4-18-48-27-38(52)49-35(20-28-13-15-32(51)16-14-28)41(54)47(26-37(49)50(48)42(55)43-21-29-9-6-5-7-10-29)23-31-11-8-12-33-34(24-45(3)39(31)33)40(53)46-22-30-17-19-44(2)36(30)25-46/h4-16,24,30,35-37,51H,1,17-23,25-27H2,2-3H3,(H,43,55)/t30?,35-,36?,37-/m0/s1. The molecule has 3 aromatic carbocycles. The van der Waals surface area contributed by atoms with E-state index in [-0.39, 0.29) is 62.6 Å². The molecule has 4 aromatic rings. The molecule has 0 saturated carbocycles. The summed E-state index contributed by atoms with van der Waals surface area (Å²) in [4.78, 5) is 64.6. The van der Waals surface area contributed by atoms with E-state index in [0.717, 1.165) is 53.6 Å². The normalized spacial score (nSPS) is 23.0. The predicted octanol–water partition coefficient (Wildman–Crippen LogP) is 3.40. The molecule has 2 unspecified atom stereocenters. The van der Waals surface area contributed by atoms with Crippen LogP contribution in [0.1, 0.15) is 33.5 Å². The lowest BCUT2D eigenvalue weighted by Crippen LogP contribution is -2.76. The smallest absolute Gasteiger partial charge is 0.334 e. The van der Waals surface area contributed by atoms with E-state index in [1.807, 2.05) is 71.2 Å². The van der Waals surface area contributed by atoms with E-state index < -0.39 is 18.2 Å². The van der Waals surface area contributed by atoms with Crippen LogP contribution in [0.15, 0.2) is 91.6 Å². The Bertz CT molecular complexity index is 2120. The topological polar surface area (TPSA) is 125 Å². The van der Waals surface area contributed by atoms with Crippen molar-refractivity contribution in [3.8, 4) is 5.75 Å². The molecular formula is C42H48N8O5. The third-order valence-electron chi connectivity index (χ3n) is 11.8. The number of aromatic nitrogens is 1. The molecule has 2 N–H and O–H groups in total. The van der Waals surface area contributed by atoms with Gasteiger partial charge in [0.2, 0.25) is 11.8 Å². The summed E-state index contributed by atoms with van der Waals surface area (Å²) < 4.78 is 1.97. The van der Waals surface area contributed by atoms with Gasteiger partial charge in [0.1, 0.15) is 18.0 Å². The number of piperazine rings is 1. The number of carbonyl (C=O) groups is 4. The Balaban J connectivity index is 1.13. The van der Waals surface area contributed by atoms with Crippen LogP contribution >= 0.6 is 0 Å². The molecule has 13 nitrogen and oxygen atoms in total. The van der Waals surface area contributed by atoms with Gasteiger partial charge in [0, 0.05) is 63.8 Å². The average molecular weight is 745 g/mol. The molecule has 0 spiro atoms. The van der Waals surface area contributed by atoms with Crippen molar-refractivity contribution in [2.24, 2.45) is 13.0 Å². The van der Waals surface area contributed by atoms with Gasteiger partial charge in [-0.3, -0.25) is 14.4 Å². The van der Waals surface area contributed by atoms with Crippen molar-refractivity contribution in [3.63, 3.8) is 0 Å². The first-order valence-corrected chi connectivity index (χ1v) is 19.0. The molecule has 4 aliphatic rings. The van der Waals surface area contributed by atoms with Crippen molar-refractivity contribution in [3.05, 3.63) is 114 Å². The van der Waals surface area contributed by atoms with Crippen LogP contribution < -0.4 is 5.32 Å². The van der Waals surface area contributed by atoms with Crippen LogP contribution in [0.2, 0.25) is 0 Å². The van der Waals surface area contributed by atoms with E-state index in [9.17, 15) is 24.3 Å². The van der Waals surface area contributed by atoms with Crippen molar-refractivity contribution < 1.29 is 24.3 Å². The SMILES string of the molecule is C=CCN1CC(=O)N2[C@@H](Cc3ccc(O)cc3)C(=O)N(Cc3cccc4c(C(=O)N5CC6CCN(C)C6C5)cn(C)c34)C[C@@H]2N1C(=O)NCc1ccccc1. The third kappa shape index (κ3) is 6.82.